The Bertz CT molecular complexity index is 473. The average molecular weight is 301 g/mol. The molecule has 1 aliphatic heterocycles. The third-order valence-electron chi connectivity index (χ3n) is 3.36. The fourth-order valence-electron chi connectivity index (χ4n) is 2.35. The van der Waals surface area contributed by atoms with Gasteiger partial charge in [-0.15, -0.1) is 0 Å². The Morgan fingerprint density at radius 2 is 2.35 bits per heavy atom. The lowest BCUT2D eigenvalue weighted by atomic mass is 10.1. The summed E-state index contributed by atoms with van der Waals surface area (Å²) in [5.74, 6) is 0.501. The lowest BCUT2D eigenvalue weighted by Crippen LogP contribution is -2.31. The van der Waals surface area contributed by atoms with Gasteiger partial charge in [0, 0.05) is 19.6 Å². The third kappa shape index (κ3) is 2.24. The van der Waals surface area contributed by atoms with E-state index in [4.69, 9.17) is 5.73 Å². The summed E-state index contributed by atoms with van der Waals surface area (Å²) >= 11 is 3.36. The summed E-state index contributed by atoms with van der Waals surface area (Å²) < 4.78 is 1.91. The SMILES string of the molecule is CC1CC(CN)CN1c1cnn(C)c(=O)c1Br. The molecule has 2 unspecified atom stereocenters. The summed E-state index contributed by atoms with van der Waals surface area (Å²) in [5, 5.41) is 4.07. The van der Waals surface area contributed by atoms with Crippen LogP contribution >= 0.6 is 15.9 Å². The number of nitrogens with zero attached hydrogens (tertiary/aromatic N) is 3. The van der Waals surface area contributed by atoms with E-state index >= 15 is 0 Å². The van der Waals surface area contributed by atoms with E-state index in [9.17, 15) is 4.79 Å². The smallest absolute Gasteiger partial charge is 0.282 e. The Labute approximate surface area is 109 Å². The monoisotopic (exact) mass is 300 g/mol. The molecular formula is C11H17BrN4O. The average Bonchev–Trinajstić information content (AvgIpc) is 2.68. The zero-order valence-electron chi connectivity index (χ0n) is 10.1. The van der Waals surface area contributed by atoms with Crippen LogP contribution in [0, 0.1) is 5.92 Å². The first kappa shape index (κ1) is 12.6. The Kier molecular flexibility index (Phi) is 3.53. The van der Waals surface area contributed by atoms with E-state index in [-0.39, 0.29) is 5.56 Å². The molecule has 17 heavy (non-hydrogen) atoms. The molecule has 2 heterocycles. The molecule has 0 amide bonds. The lowest BCUT2D eigenvalue weighted by Gasteiger charge is -2.24. The van der Waals surface area contributed by atoms with Crippen molar-refractivity contribution < 1.29 is 0 Å². The quantitative estimate of drug-likeness (QED) is 0.874. The summed E-state index contributed by atoms with van der Waals surface area (Å²) in [5.41, 5.74) is 6.47. The molecule has 2 N–H and O–H groups in total. The summed E-state index contributed by atoms with van der Waals surface area (Å²) in [6.45, 7) is 3.74. The minimum atomic E-state index is -0.106. The molecule has 0 aliphatic carbocycles. The van der Waals surface area contributed by atoms with Gasteiger partial charge in [0.15, 0.2) is 0 Å². The molecule has 94 valence electrons. The van der Waals surface area contributed by atoms with E-state index < -0.39 is 0 Å². The minimum Gasteiger partial charge on any atom is -0.366 e. The van der Waals surface area contributed by atoms with E-state index in [1.165, 1.54) is 4.68 Å². The number of nitrogens with two attached hydrogens (primary N) is 1. The van der Waals surface area contributed by atoms with Gasteiger partial charge in [0.2, 0.25) is 0 Å². The minimum absolute atomic E-state index is 0.106. The number of hydrogen-bond acceptors (Lipinski definition) is 4. The van der Waals surface area contributed by atoms with Crippen LogP contribution in [0.4, 0.5) is 5.69 Å². The second-order valence-electron chi connectivity index (χ2n) is 4.61. The largest absolute Gasteiger partial charge is 0.366 e. The summed E-state index contributed by atoms with van der Waals surface area (Å²) in [4.78, 5) is 14.0. The van der Waals surface area contributed by atoms with Gasteiger partial charge in [-0.05, 0) is 41.7 Å². The highest BCUT2D eigenvalue weighted by atomic mass is 79.9. The van der Waals surface area contributed by atoms with Crippen LogP contribution in [0.2, 0.25) is 0 Å². The van der Waals surface area contributed by atoms with Crippen LogP contribution in [-0.2, 0) is 7.05 Å². The third-order valence-corrected chi connectivity index (χ3v) is 4.11. The van der Waals surface area contributed by atoms with Crippen LogP contribution in [0.5, 0.6) is 0 Å². The van der Waals surface area contributed by atoms with Crippen molar-refractivity contribution in [1.82, 2.24) is 9.78 Å². The molecule has 5 nitrogen and oxygen atoms in total. The zero-order valence-corrected chi connectivity index (χ0v) is 11.6. The zero-order chi connectivity index (χ0) is 12.6. The highest BCUT2D eigenvalue weighted by Gasteiger charge is 2.30. The maximum absolute atomic E-state index is 11.8. The standard InChI is InChI=1S/C11H17BrN4O/c1-7-3-8(4-13)6-16(7)9-5-14-15(2)11(17)10(9)12/h5,7-8H,3-4,6,13H2,1-2H3. The van der Waals surface area contributed by atoms with Gasteiger partial charge in [0.25, 0.3) is 5.56 Å². The molecule has 0 radical (unpaired) electrons. The number of anilines is 1. The van der Waals surface area contributed by atoms with Gasteiger partial charge in [-0.25, -0.2) is 4.68 Å². The molecule has 0 bridgehead atoms. The summed E-state index contributed by atoms with van der Waals surface area (Å²) in [6.07, 6.45) is 2.80. The number of aryl methyl sites for hydroxylation is 1. The van der Waals surface area contributed by atoms with Crippen LogP contribution in [0.15, 0.2) is 15.5 Å². The highest BCUT2D eigenvalue weighted by molar-refractivity contribution is 9.10. The maximum Gasteiger partial charge on any atom is 0.282 e. The normalized spacial score (nSPS) is 24.4. The molecule has 0 spiro atoms. The Hall–Kier alpha value is -0.880. The topological polar surface area (TPSA) is 64.2 Å². The van der Waals surface area contributed by atoms with Crippen LogP contribution in [-0.4, -0.2) is 28.9 Å². The first-order valence-electron chi connectivity index (χ1n) is 5.73. The van der Waals surface area contributed by atoms with E-state index in [0.29, 0.717) is 23.0 Å². The van der Waals surface area contributed by atoms with Crippen molar-refractivity contribution in [1.29, 1.82) is 0 Å². The van der Waals surface area contributed by atoms with Gasteiger partial charge in [-0.3, -0.25) is 4.79 Å². The van der Waals surface area contributed by atoms with Gasteiger partial charge in [-0.2, -0.15) is 5.10 Å². The lowest BCUT2D eigenvalue weighted by molar-refractivity contribution is 0.579. The van der Waals surface area contributed by atoms with Crippen molar-refractivity contribution in [2.24, 2.45) is 18.7 Å². The highest BCUT2D eigenvalue weighted by Crippen LogP contribution is 2.31. The maximum atomic E-state index is 11.8. The van der Waals surface area contributed by atoms with Crippen molar-refractivity contribution in [3.8, 4) is 0 Å². The second kappa shape index (κ2) is 4.78. The number of aromatic nitrogens is 2. The first-order chi connectivity index (χ1) is 8.04. The van der Waals surface area contributed by atoms with Crippen molar-refractivity contribution >= 4 is 21.6 Å². The van der Waals surface area contributed by atoms with Gasteiger partial charge in [0.1, 0.15) is 4.47 Å². The molecular weight excluding hydrogens is 284 g/mol. The van der Waals surface area contributed by atoms with E-state index in [1.807, 2.05) is 0 Å². The molecule has 2 rings (SSSR count). The molecule has 2 atom stereocenters. The Morgan fingerprint density at radius 1 is 1.65 bits per heavy atom. The summed E-state index contributed by atoms with van der Waals surface area (Å²) in [6, 6.07) is 0.397. The van der Waals surface area contributed by atoms with Gasteiger partial charge >= 0.3 is 0 Å². The van der Waals surface area contributed by atoms with Crippen LogP contribution in [0.1, 0.15) is 13.3 Å². The molecule has 1 aromatic rings. The second-order valence-corrected chi connectivity index (χ2v) is 5.40. The van der Waals surface area contributed by atoms with Gasteiger partial charge < -0.3 is 10.6 Å². The molecule has 0 aromatic carbocycles. The van der Waals surface area contributed by atoms with E-state index in [2.05, 4.69) is 32.9 Å². The fraction of sp³-hybridized carbons (Fsp3) is 0.636. The number of hydrogen-bond donors (Lipinski definition) is 1. The molecule has 1 aromatic heterocycles. The Morgan fingerprint density at radius 3 is 2.94 bits per heavy atom. The van der Waals surface area contributed by atoms with Crippen molar-refractivity contribution in [2.45, 2.75) is 19.4 Å². The van der Waals surface area contributed by atoms with Crippen molar-refractivity contribution in [3.05, 3.63) is 21.0 Å². The molecule has 1 fully saturated rings. The number of rotatable bonds is 2. The van der Waals surface area contributed by atoms with E-state index in [0.717, 1.165) is 18.7 Å². The van der Waals surface area contributed by atoms with Gasteiger partial charge in [0.05, 0.1) is 11.9 Å². The van der Waals surface area contributed by atoms with Crippen LogP contribution < -0.4 is 16.2 Å². The Balaban J connectivity index is 2.35. The summed E-state index contributed by atoms with van der Waals surface area (Å²) in [7, 11) is 1.65. The van der Waals surface area contributed by atoms with Crippen molar-refractivity contribution in [2.75, 3.05) is 18.0 Å². The van der Waals surface area contributed by atoms with E-state index in [1.54, 1.807) is 13.2 Å². The van der Waals surface area contributed by atoms with Crippen molar-refractivity contribution in [3.63, 3.8) is 0 Å². The van der Waals surface area contributed by atoms with Crippen LogP contribution in [0.3, 0.4) is 0 Å². The van der Waals surface area contributed by atoms with Crippen LogP contribution in [0.25, 0.3) is 0 Å². The molecule has 0 saturated carbocycles. The predicted molar refractivity (Wildman–Crippen MR) is 71.1 cm³/mol. The fourth-order valence-corrected chi connectivity index (χ4v) is 2.94. The number of halogens is 1. The first-order valence-corrected chi connectivity index (χ1v) is 6.52. The molecule has 1 aliphatic rings. The molecule has 1 saturated heterocycles. The predicted octanol–water partition coefficient (Wildman–Crippen LogP) is 0.716. The molecule has 6 heteroatoms. The van der Waals surface area contributed by atoms with Gasteiger partial charge in [-0.1, -0.05) is 0 Å².